The van der Waals surface area contributed by atoms with Gasteiger partial charge in [-0.1, -0.05) is 25.4 Å². The number of aryl methyl sites for hydroxylation is 1. The lowest BCUT2D eigenvalue weighted by Crippen LogP contribution is -2.29. The van der Waals surface area contributed by atoms with Crippen LogP contribution < -0.4 is 5.32 Å². The van der Waals surface area contributed by atoms with Crippen molar-refractivity contribution >= 4 is 23.2 Å². The van der Waals surface area contributed by atoms with Crippen molar-refractivity contribution in [1.82, 2.24) is 4.90 Å². The minimum Gasteiger partial charge on any atom is -0.325 e. The monoisotopic (exact) mass is 322 g/mol. The van der Waals surface area contributed by atoms with E-state index in [4.69, 9.17) is 11.6 Å². The molecule has 0 bridgehead atoms. The van der Waals surface area contributed by atoms with Crippen molar-refractivity contribution in [3.8, 4) is 0 Å². The lowest BCUT2D eigenvalue weighted by Gasteiger charge is -2.25. The second kappa shape index (κ2) is 7.98. The van der Waals surface area contributed by atoms with E-state index in [0.717, 1.165) is 31.7 Å². The number of nitrogens with zero attached hydrogens (tertiary/aromatic N) is 1. The number of hydrogen-bond donors (Lipinski definition) is 1. The van der Waals surface area contributed by atoms with E-state index in [1.165, 1.54) is 37.3 Å². The van der Waals surface area contributed by atoms with Crippen LogP contribution in [0.15, 0.2) is 12.1 Å². The van der Waals surface area contributed by atoms with Gasteiger partial charge in [0.15, 0.2) is 0 Å². The van der Waals surface area contributed by atoms with Gasteiger partial charge >= 0.3 is 0 Å². The number of nitrogens with one attached hydrogen (secondary N) is 1. The molecule has 122 valence electrons. The Morgan fingerprint density at radius 3 is 2.59 bits per heavy atom. The Morgan fingerprint density at radius 1 is 1.32 bits per heavy atom. The summed E-state index contributed by atoms with van der Waals surface area (Å²) in [6.45, 7) is 9.42. The first-order valence-electron chi connectivity index (χ1n) is 8.37. The number of halogens is 1. The summed E-state index contributed by atoms with van der Waals surface area (Å²) in [6, 6.07) is 4.12. The molecule has 3 nitrogen and oxygen atoms in total. The molecule has 1 amide bonds. The highest BCUT2D eigenvalue weighted by molar-refractivity contribution is 6.33. The average molecular weight is 323 g/mol. The zero-order valence-electron chi connectivity index (χ0n) is 13.9. The van der Waals surface area contributed by atoms with E-state index < -0.39 is 0 Å². The van der Waals surface area contributed by atoms with Crippen molar-refractivity contribution in [2.75, 3.05) is 25.0 Å². The molecule has 1 aliphatic carbocycles. The Morgan fingerprint density at radius 2 is 2.00 bits per heavy atom. The third-order valence-corrected chi connectivity index (χ3v) is 4.61. The number of benzene rings is 1. The summed E-state index contributed by atoms with van der Waals surface area (Å²) in [6.07, 6.45) is 4.65. The van der Waals surface area contributed by atoms with E-state index >= 15 is 0 Å². The van der Waals surface area contributed by atoms with E-state index in [1.807, 2.05) is 6.07 Å². The smallest absolute Gasteiger partial charge is 0.221 e. The zero-order valence-corrected chi connectivity index (χ0v) is 14.7. The Kier molecular flexibility index (Phi) is 6.27. The van der Waals surface area contributed by atoms with Crippen LogP contribution in [0.3, 0.4) is 0 Å². The fourth-order valence-corrected chi connectivity index (χ4v) is 3.66. The number of carbonyl (C=O) groups excluding carboxylic acids is 1. The van der Waals surface area contributed by atoms with Crippen molar-refractivity contribution in [3.63, 3.8) is 0 Å². The van der Waals surface area contributed by atoms with Crippen LogP contribution in [0.5, 0.6) is 0 Å². The molecular weight excluding hydrogens is 296 g/mol. The summed E-state index contributed by atoms with van der Waals surface area (Å²) in [5, 5.41) is 3.49. The Bertz CT molecular complexity index is 524. The first-order valence-corrected chi connectivity index (χ1v) is 8.75. The first-order chi connectivity index (χ1) is 10.5. The summed E-state index contributed by atoms with van der Waals surface area (Å²) >= 11 is 6.28. The van der Waals surface area contributed by atoms with E-state index in [0.29, 0.717) is 10.9 Å². The summed E-state index contributed by atoms with van der Waals surface area (Å²) in [4.78, 5) is 13.9. The molecule has 0 aromatic heterocycles. The van der Waals surface area contributed by atoms with Gasteiger partial charge in [0.05, 0.1) is 10.7 Å². The molecule has 4 heteroatoms. The van der Waals surface area contributed by atoms with Gasteiger partial charge in [-0.25, -0.2) is 0 Å². The molecule has 1 N–H and O–H groups in total. The van der Waals surface area contributed by atoms with Crippen LogP contribution in [0.2, 0.25) is 5.02 Å². The fourth-order valence-electron chi connectivity index (χ4n) is 3.43. The summed E-state index contributed by atoms with van der Waals surface area (Å²) in [5.74, 6) is 0.480. The molecular formula is C18H27ClN2O. The maximum atomic E-state index is 11.3. The largest absolute Gasteiger partial charge is 0.325 e. The Balaban J connectivity index is 2.17. The van der Waals surface area contributed by atoms with Crippen molar-refractivity contribution in [3.05, 3.63) is 28.3 Å². The second-order valence-electron chi connectivity index (χ2n) is 6.25. The van der Waals surface area contributed by atoms with Crippen molar-refractivity contribution in [2.45, 2.75) is 52.4 Å². The minimum absolute atomic E-state index is 0.0741. The number of fused-ring (bicyclic) bond motifs is 1. The number of carbonyl (C=O) groups is 1. The van der Waals surface area contributed by atoms with Gasteiger partial charge in [-0.3, -0.25) is 4.79 Å². The molecule has 1 aliphatic rings. The van der Waals surface area contributed by atoms with E-state index in [1.54, 1.807) is 0 Å². The number of amides is 1. The second-order valence-corrected chi connectivity index (χ2v) is 6.66. The number of rotatable bonds is 7. The minimum atomic E-state index is -0.0741. The highest BCUT2D eigenvalue weighted by atomic mass is 35.5. The van der Waals surface area contributed by atoms with Gasteiger partial charge in [-0.2, -0.15) is 0 Å². The van der Waals surface area contributed by atoms with Crippen LogP contribution in [-0.4, -0.2) is 30.4 Å². The molecule has 0 heterocycles. The third-order valence-electron chi connectivity index (χ3n) is 4.30. The highest BCUT2D eigenvalue weighted by Crippen LogP contribution is 2.38. The van der Waals surface area contributed by atoms with Crippen LogP contribution in [0, 0.1) is 0 Å². The van der Waals surface area contributed by atoms with E-state index in [2.05, 4.69) is 30.1 Å². The molecule has 1 aromatic rings. The number of hydrogen-bond acceptors (Lipinski definition) is 2. The first kappa shape index (κ1) is 17.3. The van der Waals surface area contributed by atoms with Gasteiger partial charge in [0, 0.05) is 13.5 Å². The highest BCUT2D eigenvalue weighted by Gasteiger charge is 2.25. The van der Waals surface area contributed by atoms with Crippen LogP contribution in [0.25, 0.3) is 0 Å². The molecule has 1 atom stereocenters. The lowest BCUT2D eigenvalue weighted by atomic mass is 9.99. The molecule has 0 saturated heterocycles. The molecule has 0 fully saturated rings. The van der Waals surface area contributed by atoms with Gasteiger partial charge in [-0.05, 0) is 68.0 Å². The SMILES string of the molecule is CCCN(CCC)CC1CCc2cc(Cl)c(NC(C)=O)cc21. The zero-order chi connectivity index (χ0) is 16.1. The van der Waals surface area contributed by atoms with Gasteiger partial charge < -0.3 is 10.2 Å². The molecule has 1 unspecified atom stereocenters. The van der Waals surface area contributed by atoms with Crippen LogP contribution in [0.1, 0.15) is 57.1 Å². The topological polar surface area (TPSA) is 32.3 Å². The van der Waals surface area contributed by atoms with Crippen LogP contribution in [-0.2, 0) is 11.2 Å². The van der Waals surface area contributed by atoms with Crippen molar-refractivity contribution in [2.24, 2.45) is 0 Å². The van der Waals surface area contributed by atoms with E-state index in [9.17, 15) is 4.79 Å². The van der Waals surface area contributed by atoms with Crippen molar-refractivity contribution in [1.29, 1.82) is 0 Å². The van der Waals surface area contributed by atoms with Crippen LogP contribution in [0.4, 0.5) is 5.69 Å². The Hall–Kier alpha value is -1.06. The number of anilines is 1. The molecule has 22 heavy (non-hydrogen) atoms. The lowest BCUT2D eigenvalue weighted by molar-refractivity contribution is -0.114. The molecule has 0 spiro atoms. The maximum absolute atomic E-state index is 11.3. The molecule has 0 aliphatic heterocycles. The summed E-state index contributed by atoms with van der Waals surface area (Å²) in [5.41, 5.74) is 3.46. The standard InChI is InChI=1S/C18H27ClN2O/c1-4-8-21(9-5-2)12-15-7-6-14-10-17(19)18(11-16(14)15)20-13(3)22/h10-11,15H,4-9,12H2,1-3H3,(H,20,22). The summed E-state index contributed by atoms with van der Waals surface area (Å²) in [7, 11) is 0. The molecule has 1 aromatic carbocycles. The third kappa shape index (κ3) is 4.23. The average Bonchev–Trinajstić information content (AvgIpc) is 2.81. The molecule has 0 saturated carbocycles. The van der Waals surface area contributed by atoms with Gasteiger partial charge in [0.25, 0.3) is 0 Å². The fraction of sp³-hybridized carbons (Fsp3) is 0.611. The predicted molar refractivity (Wildman–Crippen MR) is 93.8 cm³/mol. The predicted octanol–water partition coefficient (Wildman–Crippen LogP) is 4.45. The maximum Gasteiger partial charge on any atom is 0.221 e. The summed E-state index contributed by atoms with van der Waals surface area (Å²) < 4.78 is 0. The van der Waals surface area contributed by atoms with E-state index in [-0.39, 0.29) is 5.91 Å². The molecule has 0 radical (unpaired) electrons. The van der Waals surface area contributed by atoms with Gasteiger partial charge in [0.2, 0.25) is 5.91 Å². The molecule has 2 rings (SSSR count). The van der Waals surface area contributed by atoms with Crippen molar-refractivity contribution < 1.29 is 4.79 Å². The Labute approximate surface area is 139 Å². The van der Waals surface area contributed by atoms with Gasteiger partial charge in [0.1, 0.15) is 0 Å². The van der Waals surface area contributed by atoms with Crippen LogP contribution >= 0.6 is 11.6 Å². The van der Waals surface area contributed by atoms with Gasteiger partial charge in [-0.15, -0.1) is 0 Å². The normalized spacial score (nSPS) is 16.9. The quantitative estimate of drug-likeness (QED) is 0.804.